The molecule has 0 saturated carbocycles. The normalized spacial score (nSPS) is 9.57. The minimum atomic E-state index is -1.25. The van der Waals surface area contributed by atoms with Gasteiger partial charge in [0.1, 0.15) is 6.61 Å². The third-order valence-corrected chi connectivity index (χ3v) is 1.79. The van der Waals surface area contributed by atoms with Gasteiger partial charge in [0.15, 0.2) is 0 Å². The van der Waals surface area contributed by atoms with E-state index in [-0.39, 0.29) is 6.61 Å². The lowest BCUT2D eigenvalue weighted by Gasteiger charge is -2.13. The number of nitrogens with zero attached hydrogens (tertiary/aromatic N) is 1. The third-order valence-electron chi connectivity index (χ3n) is 1.79. The standard InChI is InChI=1S/C10H13NO3/c1-11(2)9-5-3-4-8(6-9)7-14-10(12)13/h3-6H,7H2,1-2H3,(H,12,13). The molecule has 0 spiro atoms. The van der Waals surface area contributed by atoms with Crippen molar-refractivity contribution < 1.29 is 14.6 Å². The van der Waals surface area contributed by atoms with Crippen LogP contribution in [-0.4, -0.2) is 25.4 Å². The van der Waals surface area contributed by atoms with E-state index in [1.165, 1.54) is 0 Å². The molecule has 0 amide bonds. The maximum Gasteiger partial charge on any atom is 0.506 e. The Kier molecular flexibility index (Phi) is 3.34. The summed E-state index contributed by atoms with van der Waals surface area (Å²) < 4.78 is 4.46. The molecule has 0 unspecified atom stereocenters. The number of benzene rings is 1. The van der Waals surface area contributed by atoms with Crippen LogP contribution < -0.4 is 4.90 Å². The van der Waals surface area contributed by atoms with Crippen LogP contribution in [0.2, 0.25) is 0 Å². The summed E-state index contributed by atoms with van der Waals surface area (Å²) >= 11 is 0. The molecular formula is C10H13NO3. The fourth-order valence-electron chi connectivity index (χ4n) is 1.07. The van der Waals surface area contributed by atoms with Crippen LogP contribution in [0.15, 0.2) is 24.3 Å². The summed E-state index contributed by atoms with van der Waals surface area (Å²) in [6.45, 7) is 0.0943. The van der Waals surface area contributed by atoms with Crippen LogP contribution in [0.1, 0.15) is 5.56 Å². The fourth-order valence-corrected chi connectivity index (χ4v) is 1.07. The quantitative estimate of drug-likeness (QED) is 0.749. The average molecular weight is 195 g/mol. The number of hydrogen-bond acceptors (Lipinski definition) is 3. The van der Waals surface area contributed by atoms with Crippen molar-refractivity contribution in [3.63, 3.8) is 0 Å². The van der Waals surface area contributed by atoms with Crippen LogP contribution in [0.25, 0.3) is 0 Å². The van der Waals surface area contributed by atoms with E-state index in [1.807, 2.05) is 43.3 Å². The number of hydrogen-bond donors (Lipinski definition) is 1. The lowest BCUT2D eigenvalue weighted by Crippen LogP contribution is -2.09. The van der Waals surface area contributed by atoms with E-state index < -0.39 is 6.16 Å². The van der Waals surface area contributed by atoms with Gasteiger partial charge in [-0.05, 0) is 17.7 Å². The van der Waals surface area contributed by atoms with Crippen LogP contribution in [0.4, 0.5) is 10.5 Å². The number of carboxylic acid groups (broad SMARTS) is 1. The second-order valence-corrected chi connectivity index (χ2v) is 3.12. The number of carbonyl (C=O) groups is 1. The van der Waals surface area contributed by atoms with Gasteiger partial charge in [0.25, 0.3) is 0 Å². The highest BCUT2D eigenvalue weighted by atomic mass is 16.7. The van der Waals surface area contributed by atoms with Gasteiger partial charge >= 0.3 is 6.16 Å². The van der Waals surface area contributed by atoms with Gasteiger partial charge in [-0.25, -0.2) is 4.79 Å². The highest BCUT2D eigenvalue weighted by molar-refractivity contribution is 5.57. The minimum absolute atomic E-state index is 0.0943. The predicted molar refractivity (Wildman–Crippen MR) is 53.6 cm³/mol. The van der Waals surface area contributed by atoms with Gasteiger partial charge < -0.3 is 14.7 Å². The van der Waals surface area contributed by atoms with Gasteiger partial charge in [0.2, 0.25) is 0 Å². The van der Waals surface area contributed by atoms with Crippen molar-refractivity contribution in [1.82, 2.24) is 0 Å². The molecular weight excluding hydrogens is 182 g/mol. The molecule has 0 fully saturated rings. The van der Waals surface area contributed by atoms with Crippen molar-refractivity contribution in [1.29, 1.82) is 0 Å². The molecule has 0 atom stereocenters. The maximum atomic E-state index is 10.2. The molecule has 0 heterocycles. The van der Waals surface area contributed by atoms with Gasteiger partial charge in [0, 0.05) is 19.8 Å². The molecule has 0 aliphatic heterocycles. The molecule has 1 aromatic rings. The number of ether oxygens (including phenoxy) is 1. The average Bonchev–Trinajstić information content (AvgIpc) is 2.15. The van der Waals surface area contributed by atoms with Gasteiger partial charge in [-0.3, -0.25) is 0 Å². The molecule has 0 aliphatic carbocycles. The summed E-state index contributed by atoms with van der Waals surface area (Å²) in [4.78, 5) is 12.1. The Bertz CT molecular complexity index is 323. The largest absolute Gasteiger partial charge is 0.506 e. The molecule has 4 nitrogen and oxygen atoms in total. The third kappa shape index (κ3) is 2.97. The summed E-state index contributed by atoms with van der Waals surface area (Å²) in [6.07, 6.45) is -1.25. The SMILES string of the molecule is CN(C)c1cccc(COC(=O)O)c1. The zero-order valence-electron chi connectivity index (χ0n) is 8.23. The molecule has 0 radical (unpaired) electrons. The van der Waals surface area contributed by atoms with E-state index in [1.54, 1.807) is 0 Å². The first-order chi connectivity index (χ1) is 6.59. The van der Waals surface area contributed by atoms with E-state index >= 15 is 0 Å². The first kappa shape index (κ1) is 10.4. The Morgan fingerprint density at radius 3 is 2.79 bits per heavy atom. The topological polar surface area (TPSA) is 49.8 Å². The Hall–Kier alpha value is -1.71. The zero-order valence-corrected chi connectivity index (χ0v) is 8.23. The van der Waals surface area contributed by atoms with E-state index in [2.05, 4.69) is 4.74 Å². The van der Waals surface area contributed by atoms with E-state index in [4.69, 9.17) is 5.11 Å². The summed E-state index contributed by atoms with van der Waals surface area (Å²) in [6, 6.07) is 7.54. The first-order valence-corrected chi connectivity index (χ1v) is 4.21. The molecule has 0 saturated heterocycles. The zero-order chi connectivity index (χ0) is 10.6. The molecule has 0 bridgehead atoms. The summed E-state index contributed by atoms with van der Waals surface area (Å²) in [5, 5.41) is 8.32. The van der Waals surface area contributed by atoms with Crippen LogP contribution in [0, 0.1) is 0 Å². The van der Waals surface area contributed by atoms with Gasteiger partial charge in [-0.1, -0.05) is 12.1 Å². The van der Waals surface area contributed by atoms with Crippen LogP contribution in [0.5, 0.6) is 0 Å². The molecule has 1 N–H and O–H groups in total. The highest BCUT2D eigenvalue weighted by Crippen LogP contribution is 2.13. The summed E-state index contributed by atoms with van der Waals surface area (Å²) in [5.41, 5.74) is 1.87. The first-order valence-electron chi connectivity index (χ1n) is 4.21. The lowest BCUT2D eigenvalue weighted by molar-refractivity contribution is 0.0854. The van der Waals surface area contributed by atoms with Crippen molar-refractivity contribution in [2.75, 3.05) is 19.0 Å². The van der Waals surface area contributed by atoms with Crippen molar-refractivity contribution in [3.05, 3.63) is 29.8 Å². The van der Waals surface area contributed by atoms with Gasteiger partial charge in [0.05, 0.1) is 0 Å². The van der Waals surface area contributed by atoms with Gasteiger partial charge in [-0.15, -0.1) is 0 Å². The van der Waals surface area contributed by atoms with Crippen molar-refractivity contribution in [2.45, 2.75) is 6.61 Å². The second-order valence-electron chi connectivity index (χ2n) is 3.12. The summed E-state index contributed by atoms with van der Waals surface area (Å²) in [5.74, 6) is 0. The molecule has 1 rings (SSSR count). The van der Waals surface area contributed by atoms with Crippen molar-refractivity contribution >= 4 is 11.8 Å². The molecule has 14 heavy (non-hydrogen) atoms. The Balaban J connectivity index is 2.68. The summed E-state index contributed by atoms with van der Waals surface area (Å²) in [7, 11) is 3.86. The number of anilines is 1. The smallest absolute Gasteiger partial charge is 0.450 e. The maximum absolute atomic E-state index is 10.2. The van der Waals surface area contributed by atoms with Crippen molar-refractivity contribution in [2.24, 2.45) is 0 Å². The molecule has 76 valence electrons. The second kappa shape index (κ2) is 4.50. The predicted octanol–water partition coefficient (Wildman–Crippen LogP) is 1.95. The van der Waals surface area contributed by atoms with E-state index in [0.717, 1.165) is 11.3 Å². The lowest BCUT2D eigenvalue weighted by atomic mass is 10.2. The molecule has 0 aromatic heterocycles. The molecule has 4 heteroatoms. The van der Waals surface area contributed by atoms with Crippen LogP contribution in [-0.2, 0) is 11.3 Å². The highest BCUT2D eigenvalue weighted by Gasteiger charge is 2.00. The Morgan fingerprint density at radius 1 is 1.50 bits per heavy atom. The fraction of sp³-hybridized carbons (Fsp3) is 0.300. The molecule has 1 aromatic carbocycles. The monoisotopic (exact) mass is 195 g/mol. The van der Waals surface area contributed by atoms with Crippen LogP contribution >= 0.6 is 0 Å². The van der Waals surface area contributed by atoms with Crippen LogP contribution in [0.3, 0.4) is 0 Å². The van der Waals surface area contributed by atoms with Crippen molar-refractivity contribution in [3.8, 4) is 0 Å². The molecule has 0 aliphatic rings. The van der Waals surface area contributed by atoms with Gasteiger partial charge in [-0.2, -0.15) is 0 Å². The van der Waals surface area contributed by atoms with E-state index in [0.29, 0.717) is 0 Å². The Morgan fingerprint density at radius 2 is 2.21 bits per heavy atom. The number of rotatable bonds is 3. The minimum Gasteiger partial charge on any atom is -0.450 e. The van der Waals surface area contributed by atoms with E-state index in [9.17, 15) is 4.79 Å². The Labute approximate surface area is 82.7 Å².